The normalized spacial score (nSPS) is 12.7. The van der Waals surface area contributed by atoms with Crippen molar-refractivity contribution in [2.45, 2.75) is 18.4 Å². The lowest BCUT2D eigenvalue weighted by atomic mass is 10.2. The monoisotopic (exact) mass is 438 g/mol. The summed E-state index contributed by atoms with van der Waals surface area (Å²) in [6, 6.07) is 11.8. The van der Waals surface area contributed by atoms with Crippen LogP contribution in [-0.2, 0) is 16.4 Å². The van der Waals surface area contributed by atoms with E-state index in [0.717, 1.165) is 20.9 Å². The van der Waals surface area contributed by atoms with Gasteiger partial charge in [0.25, 0.3) is 5.91 Å². The third-order valence-electron chi connectivity index (χ3n) is 3.67. The molecule has 0 spiro atoms. The first kappa shape index (κ1) is 18.0. The van der Waals surface area contributed by atoms with Crippen molar-refractivity contribution in [2.75, 3.05) is 6.26 Å². The Hall–Kier alpha value is -1.77. The number of fused-ring (bicyclic) bond motifs is 1. The average Bonchev–Trinajstić information content (AvgIpc) is 2.92. The highest BCUT2D eigenvalue weighted by molar-refractivity contribution is 9.10. The summed E-state index contributed by atoms with van der Waals surface area (Å²) < 4.78 is 27.3. The van der Waals surface area contributed by atoms with Gasteiger partial charge in [-0.15, -0.1) is 0 Å². The van der Waals surface area contributed by atoms with Crippen LogP contribution in [0.3, 0.4) is 0 Å². The first-order valence-electron chi connectivity index (χ1n) is 7.48. The fourth-order valence-electron chi connectivity index (χ4n) is 2.48. The van der Waals surface area contributed by atoms with E-state index >= 15 is 0 Å². The molecule has 25 heavy (non-hydrogen) atoms. The van der Waals surface area contributed by atoms with Gasteiger partial charge in [0, 0.05) is 22.8 Å². The lowest BCUT2D eigenvalue weighted by molar-refractivity contribution is 0.0997. The highest BCUT2D eigenvalue weighted by atomic mass is 79.9. The number of nitrogens with zero attached hydrogens (tertiary/aromatic N) is 2. The van der Waals surface area contributed by atoms with Crippen LogP contribution < -0.4 is 4.80 Å². The second-order valence-electron chi connectivity index (χ2n) is 5.43. The van der Waals surface area contributed by atoms with E-state index in [1.807, 2.05) is 29.7 Å². The summed E-state index contributed by atoms with van der Waals surface area (Å²) in [5, 5.41) is 0. The summed E-state index contributed by atoms with van der Waals surface area (Å²) >= 11 is 4.96. The van der Waals surface area contributed by atoms with E-state index in [1.54, 1.807) is 12.1 Å². The molecule has 0 radical (unpaired) electrons. The molecule has 0 bridgehead atoms. The molecular weight excluding hydrogens is 424 g/mol. The summed E-state index contributed by atoms with van der Waals surface area (Å²) in [5.41, 5.74) is 1.24. The molecule has 0 saturated heterocycles. The molecule has 0 aliphatic rings. The van der Waals surface area contributed by atoms with Crippen molar-refractivity contribution in [3.63, 3.8) is 0 Å². The van der Waals surface area contributed by atoms with Crippen molar-refractivity contribution in [3.05, 3.63) is 57.3 Å². The topological polar surface area (TPSA) is 68.5 Å². The van der Waals surface area contributed by atoms with E-state index in [4.69, 9.17) is 0 Å². The number of amides is 1. The SMILES string of the molecule is CCn1c(=NC(=O)c2cccc(S(C)(=O)=O)c2)sc2cccc(Br)c21. The minimum Gasteiger partial charge on any atom is -0.316 e. The molecule has 130 valence electrons. The van der Waals surface area contributed by atoms with Gasteiger partial charge >= 0.3 is 0 Å². The van der Waals surface area contributed by atoms with Crippen molar-refractivity contribution in [2.24, 2.45) is 4.99 Å². The lowest BCUT2D eigenvalue weighted by Gasteiger charge is -2.02. The molecule has 5 nitrogen and oxygen atoms in total. The van der Waals surface area contributed by atoms with Crippen LogP contribution in [0.1, 0.15) is 17.3 Å². The van der Waals surface area contributed by atoms with E-state index < -0.39 is 15.7 Å². The summed E-state index contributed by atoms with van der Waals surface area (Å²) in [6.07, 6.45) is 1.11. The molecule has 0 aliphatic carbocycles. The van der Waals surface area contributed by atoms with Crippen LogP contribution >= 0.6 is 27.3 Å². The van der Waals surface area contributed by atoms with Crippen LogP contribution in [0, 0.1) is 0 Å². The molecule has 0 unspecified atom stereocenters. The Bertz CT molecular complexity index is 1140. The van der Waals surface area contributed by atoms with Crippen LogP contribution in [-0.4, -0.2) is 25.1 Å². The number of hydrogen-bond donors (Lipinski definition) is 0. The van der Waals surface area contributed by atoms with Crippen molar-refractivity contribution in [1.82, 2.24) is 4.57 Å². The Morgan fingerprint density at radius 2 is 1.96 bits per heavy atom. The van der Waals surface area contributed by atoms with Crippen LogP contribution in [0.15, 0.2) is 56.8 Å². The number of carbonyl (C=O) groups excluding carboxylic acids is 1. The van der Waals surface area contributed by atoms with Gasteiger partial charge in [0.2, 0.25) is 0 Å². The predicted molar refractivity (Wildman–Crippen MR) is 103 cm³/mol. The maximum Gasteiger partial charge on any atom is 0.279 e. The van der Waals surface area contributed by atoms with Crippen molar-refractivity contribution >= 4 is 53.2 Å². The highest BCUT2D eigenvalue weighted by Crippen LogP contribution is 2.25. The Morgan fingerprint density at radius 1 is 1.24 bits per heavy atom. The summed E-state index contributed by atoms with van der Waals surface area (Å²) in [6.45, 7) is 2.65. The van der Waals surface area contributed by atoms with Crippen molar-refractivity contribution < 1.29 is 13.2 Å². The van der Waals surface area contributed by atoms with E-state index in [1.165, 1.54) is 23.5 Å². The van der Waals surface area contributed by atoms with Gasteiger partial charge in [0.1, 0.15) is 0 Å². The Morgan fingerprint density at radius 3 is 2.64 bits per heavy atom. The molecule has 1 amide bonds. The van der Waals surface area contributed by atoms with E-state index in [2.05, 4.69) is 20.9 Å². The van der Waals surface area contributed by atoms with Gasteiger partial charge in [-0.2, -0.15) is 4.99 Å². The zero-order valence-electron chi connectivity index (χ0n) is 13.6. The molecule has 1 heterocycles. The summed E-state index contributed by atoms with van der Waals surface area (Å²) in [4.78, 5) is 17.5. The molecule has 8 heteroatoms. The first-order valence-corrected chi connectivity index (χ1v) is 11.0. The minimum absolute atomic E-state index is 0.107. The van der Waals surface area contributed by atoms with Gasteiger partial charge in [-0.05, 0) is 53.2 Å². The van der Waals surface area contributed by atoms with Gasteiger partial charge in [-0.3, -0.25) is 4.79 Å². The Kier molecular flexibility index (Phi) is 4.95. The largest absolute Gasteiger partial charge is 0.316 e. The standard InChI is InChI=1S/C17H15BrN2O3S2/c1-3-20-15-13(18)8-5-9-14(15)24-17(20)19-16(21)11-6-4-7-12(10-11)25(2,22)23/h4-10H,3H2,1-2H3. The summed E-state index contributed by atoms with van der Waals surface area (Å²) in [5.74, 6) is -0.463. The zero-order valence-corrected chi connectivity index (χ0v) is 16.8. The molecule has 0 N–H and O–H groups in total. The fraction of sp³-hybridized carbons (Fsp3) is 0.176. The third-order valence-corrected chi connectivity index (χ3v) is 6.47. The molecule has 3 rings (SSSR count). The zero-order chi connectivity index (χ0) is 18.2. The predicted octanol–water partition coefficient (Wildman–Crippen LogP) is 3.63. The number of hydrogen-bond acceptors (Lipinski definition) is 4. The lowest BCUT2D eigenvalue weighted by Crippen LogP contribution is -2.16. The van der Waals surface area contributed by atoms with Crippen LogP contribution in [0.2, 0.25) is 0 Å². The quantitative estimate of drug-likeness (QED) is 0.626. The fourth-order valence-corrected chi connectivity index (χ4v) is 4.97. The third kappa shape index (κ3) is 3.61. The maximum atomic E-state index is 12.5. The van der Waals surface area contributed by atoms with E-state index in [9.17, 15) is 13.2 Å². The molecule has 0 saturated carbocycles. The van der Waals surface area contributed by atoms with Gasteiger partial charge in [0.05, 0.1) is 15.1 Å². The minimum atomic E-state index is -3.37. The molecule has 2 aromatic carbocycles. The van der Waals surface area contributed by atoms with Crippen LogP contribution in [0.5, 0.6) is 0 Å². The molecule has 0 aliphatic heterocycles. The molecule has 1 aromatic heterocycles. The Balaban J connectivity index is 2.14. The van der Waals surface area contributed by atoms with Crippen LogP contribution in [0.4, 0.5) is 0 Å². The second-order valence-corrected chi connectivity index (χ2v) is 9.31. The number of aromatic nitrogens is 1. The van der Waals surface area contributed by atoms with Gasteiger partial charge in [-0.1, -0.05) is 23.5 Å². The molecule has 0 atom stereocenters. The van der Waals surface area contributed by atoms with Gasteiger partial charge < -0.3 is 4.57 Å². The molecular formula is C17H15BrN2O3S2. The highest BCUT2D eigenvalue weighted by Gasteiger charge is 2.13. The number of halogens is 1. The second kappa shape index (κ2) is 6.86. The van der Waals surface area contributed by atoms with E-state index in [-0.39, 0.29) is 10.5 Å². The number of thiazole rings is 1. The van der Waals surface area contributed by atoms with Crippen LogP contribution in [0.25, 0.3) is 10.2 Å². The number of sulfone groups is 1. The number of carbonyl (C=O) groups is 1. The summed E-state index contributed by atoms with van der Waals surface area (Å²) in [7, 11) is -3.37. The first-order chi connectivity index (χ1) is 11.8. The Labute approximate surface area is 157 Å². The average molecular weight is 439 g/mol. The van der Waals surface area contributed by atoms with Gasteiger partial charge in [-0.25, -0.2) is 8.42 Å². The number of aryl methyl sites for hydroxylation is 1. The molecule has 3 aromatic rings. The van der Waals surface area contributed by atoms with Gasteiger partial charge in [0.15, 0.2) is 14.6 Å². The van der Waals surface area contributed by atoms with Crippen molar-refractivity contribution in [3.8, 4) is 0 Å². The smallest absolute Gasteiger partial charge is 0.279 e. The van der Waals surface area contributed by atoms with E-state index in [0.29, 0.717) is 11.3 Å². The molecule has 0 fully saturated rings. The number of benzene rings is 2. The maximum absolute atomic E-state index is 12.5. The van der Waals surface area contributed by atoms with Crippen molar-refractivity contribution in [1.29, 1.82) is 0 Å². The number of para-hydroxylation sites is 1. The number of rotatable bonds is 3.